The maximum absolute atomic E-state index is 12.7. The van der Waals surface area contributed by atoms with Gasteiger partial charge in [0.05, 0.1) is 17.2 Å². The van der Waals surface area contributed by atoms with Crippen LogP contribution in [-0.2, 0) is 23.7 Å². The quantitative estimate of drug-likeness (QED) is 0.847. The fourth-order valence-electron chi connectivity index (χ4n) is 1.71. The Kier molecular flexibility index (Phi) is 5.64. The summed E-state index contributed by atoms with van der Waals surface area (Å²) in [5, 5.41) is 10.7. The summed E-state index contributed by atoms with van der Waals surface area (Å²) < 4.78 is 76.0. The van der Waals surface area contributed by atoms with E-state index in [2.05, 4.69) is 5.32 Å². The molecule has 0 aliphatic carbocycles. The van der Waals surface area contributed by atoms with E-state index in [1.165, 1.54) is 6.92 Å². The molecule has 0 saturated heterocycles. The van der Waals surface area contributed by atoms with Crippen molar-refractivity contribution in [2.24, 2.45) is 5.92 Å². The number of benzene rings is 1. The summed E-state index contributed by atoms with van der Waals surface area (Å²) in [4.78, 5) is 11.6. The highest BCUT2D eigenvalue weighted by Gasteiger charge is 2.36. The zero-order chi connectivity index (χ0) is 17.8. The minimum absolute atomic E-state index is 0.0175. The molecule has 0 spiro atoms. The number of alkyl halides is 6. The maximum Gasteiger partial charge on any atom is 0.416 e. The monoisotopic (exact) mass is 338 g/mol. The Morgan fingerprint density at radius 3 is 2.00 bits per heavy atom. The summed E-state index contributed by atoms with van der Waals surface area (Å²) in [6.45, 7) is 0.924. The molecule has 0 fully saturated rings. The van der Waals surface area contributed by atoms with E-state index in [9.17, 15) is 31.1 Å². The Morgan fingerprint density at radius 1 is 1.13 bits per heavy atom. The molecule has 126 valence electrons. The van der Waals surface area contributed by atoms with E-state index < -0.39 is 41.8 Å². The fraction of sp³-hybridized carbons (Fsp3) is 0.429. The zero-order valence-corrected chi connectivity index (χ0v) is 11.8. The number of halogens is 6. The SMILES string of the molecule is CC(CC#N)C(=O)NCc1cc(C(F)(F)F)cc(C(F)(F)F)c1. The first kappa shape index (κ1) is 18.8. The number of hydrogen-bond acceptors (Lipinski definition) is 2. The third-order valence-electron chi connectivity index (χ3n) is 2.96. The smallest absolute Gasteiger partial charge is 0.352 e. The number of nitriles is 1. The van der Waals surface area contributed by atoms with Crippen LogP contribution in [0, 0.1) is 17.2 Å². The number of amides is 1. The molecule has 1 rings (SSSR count). The van der Waals surface area contributed by atoms with Crippen LogP contribution in [0.25, 0.3) is 0 Å². The number of rotatable bonds is 4. The predicted octanol–water partition coefficient (Wildman–Crippen LogP) is 3.89. The van der Waals surface area contributed by atoms with E-state index in [-0.39, 0.29) is 18.1 Å². The zero-order valence-electron chi connectivity index (χ0n) is 11.8. The standard InChI is InChI=1S/C14H12F6N2O/c1-8(2-3-21)12(23)22-7-9-4-10(13(15,16)17)6-11(5-9)14(18,19)20/h4-6,8H,2,7H2,1H3,(H,22,23). The normalized spacial score (nSPS) is 13.3. The summed E-state index contributed by atoms with van der Waals surface area (Å²) in [5.74, 6) is -1.34. The second kappa shape index (κ2) is 6.89. The van der Waals surface area contributed by atoms with Crippen molar-refractivity contribution in [3.8, 4) is 6.07 Å². The van der Waals surface area contributed by atoms with Crippen molar-refractivity contribution >= 4 is 5.91 Å². The van der Waals surface area contributed by atoms with E-state index in [0.29, 0.717) is 12.1 Å². The van der Waals surface area contributed by atoms with E-state index in [4.69, 9.17) is 5.26 Å². The van der Waals surface area contributed by atoms with Crippen LogP contribution < -0.4 is 5.32 Å². The lowest BCUT2D eigenvalue weighted by molar-refractivity contribution is -0.143. The number of nitrogens with zero attached hydrogens (tertiary/aromatic N) is 1. The Bertz CT molecular complexity index is 583. The molecule has 0 radical (unpaired) electrons. The van der Waals surface area contributed by atoms with Gasteiger partial charge in [0.15, 0.2) is 0 Å². The Morgan fingerprint density at radius 2 is 1.61 bits per heavy atom. The first-order valence-corrected chi connectivity index (χ1v) is 6.38. The van der Waals surface area contributed by atoms with E-state index in [1.54, 1.807) is 6.07 Å². The molecule has 1 unspecified atom stereocenters. The highest BCUT2D eigenvalue weighted by molar-refractivity contribution is 5.78. The Labute approximate surface area is 127 Å². The third-order valence-corrected chi connectivity index (χ3v) is 2.96. The largest absolute Gasteiger partial charge is 0.416 e. The molecular formula is C14H12F6N2O. The Hall–Kier alpha value is -2.24. The number of carbonyl (C=O) groups is 1. The molecule has 1 atom stereocenters. The Balaban J connectivity index is 3.03. The molecule has 9 heteroatoms. The van der Waals surface area contributed by atoms with Crippen LogP contribution in [0.4, 0.5) is 26.3 Å². The molecular weight excluding hydrogens is 326 g/mol. The lowest BCUT2D eigenvalue weighted by Crippen LogP contribution is -2.28. The summed E-state index contributed by atoms with van der Waals surface area (Å²) in [6.07, 6.45) is -9.98. The molecule has 0 aromatic heterocycles. The second-order valence-corrected chi connectivity index (χ2v) is 4.90. The lowest BCUT2D eigenvalue weighted by Gasteiger charge is -2.15. The molecule has 0 saturated carbocycles. The van der Waals surface area contributed by atoms with Crippen molar-refractivity contribution < 1.29 is 31.1 Å². The van der Waals surface area contributed by atoms with Gasteiger partial charge in [-0.25, -0.2) is 0 Å². The minimum atomic E-state index is -4.94. The van der Waals surface area contributed by atoms with Gasteiger partial charge in [0.25, 0.3) is 0 Å². The molecule has 1 N–H and O–H groups in total. The van der Waals surface area contributed by atoms with E-state index in [0.717, 1.165) is 0 Å². The summed E-state index contributed by atoms with van der Waals surface area (Å²) >= 11 is 0. The van der Waals surface area contributed by atoms with Gasteiger partial charge in [-0.15, -0.1) is 0 Å². The van der Waals surface area contributed by atoms with Gasteiger partial charge in [0.1, 0.15) is 0 Å². The number of hydrogen-bond donors (Lipinski definition) is 1. The molecule has 3 nitrogen and oxygen atoms in total. The highest BCUT2D eigenvalue weighted by Crippen LogP contribution is 2.36. The molecule has 1 aromatic rings. The first-order chi connectivity index (χ1) is 10.4. The van der Waals surface area contributed by atoms with Gasteiger partial charge >= 0.3 is 12.4 Å². The molecule has 0 bridgehead atoms. The number of nitrogens with one attached hydrogen (secondary N) is 1. The molecule has 0 aliphatic rings. The van der Waals surface area contributed by atoms with Crippen LogP contribution in [0.1, 0.15) is 30.0 Å². The second-order valence-electron chi connectivity index (χ2n) is 4.90. The van der Waals surface area contributed by atoms with Crippen molar-refractivity contribution in [1.82, 2.24) is 5.32 Å². The highest BCUT2D eigenvalue weighted by atomic mass is 19.4. The predicted molar refractivity (Wildman–Crippen MR) is 67.7 cm³/mol. The van der Waals surface area contributed by atoms with Crippen molar-refractivity contribution in [2.45, 2.75) is 32.2 Å². The van der Waals surface area contributed by atoms with Crippen LogP contribution in [0.15, 0.2) is 18.2 Å². The van der Waals surface area contributed by atoms with Gasteiger partial charge in [-0.3, -0.25) is 4.79 Å². The van der Waals surface area contributed by atoms with Gasteiger partial charge in [-0.05, 0) is 23.8 Å². The van der Waals surface area contributed by atoms with Crippen LogP contribution in [-0.4, -0.2) is 5.91 Å². The van der Waals surface area contributed by atoms with Crippen molar-refractivity contribution in [1.29, 1.82) is 5.26 Å². The van der Waals surface area contributed by atoms with Crippen LogP contribution in [0.3, 0.4) is 0 Å². The minimum Gasteiger partial charge on any atom is -0.352 e. The average molecular weight is 338 g/mol. The van der Waals surface area contributed by atoms with Crippen LogP contribution in [0.5, 0.6) is 0 Å². The first-order valence-electron chi connectivity index (χ1n) is 6.38. The van der Waals surface area contributed by atoms with Gasteiger partial charge in [-0.2, -0.15) is 31.6 Å². The van der Waals surface area contributed by atoms with Crippen molar-refractivity contribution in [2.75, 3.05) is 0 Å². The van der Waals surface area contributed by atoms with Crippen LogP contribution in [0.2, 0.25) is 0 Å². The van der Waals surface area contributed by atoms with Gasteiger partial charge < -0.3 is 5.32 Å². The third kappa shape index (κ3) is 5.47. The topological polar surface area (TPSA) is 52.9 Å². The summed E-state index contributed by atoms with van der Waals surface area (Å²) in [7, 11) is 0. The van der Waals surface area contributed by atoms with Crippen molar-refractivity contribution in [3.05, 3.63) is 34.9 Å². The molecule has 1 amide bonds. The molecule has 0 aliphatic heterocycles. The van der Waals surface area contributed by atoms with E-state index >= 15 is 0 Å². The molecule has 23 heavy (non-hydrogen) atoms. The lowest BCUT2D eigenvalue weighted by atomic mass is 10.0. The summed E-state index contributed by atoms with van der Waals surface area (Å²) in [6, 6.07) is 2.86. The maximum atomic E-state index is 12.7. The molecule has 0 heterocycles. The average Bonchev–Trinajstić information content (AvgIpc) is 2.42. The van der Waals surface area contributed by atoms with Gasteiger partial charge in [0.2, 0.25) is 5.91 Å². The van der Waals surface area contributed by atoms with Gasteiger partial charge in [-0.1, -0.05) is 6.92 Å². The number of carbonyl (C=O) groups excluding carboxylic acids is 1. The van der Waals surface area contributed by atoms with E-state index in [1.807, 2.05) is 0 Å². The fourth-order valence-corrected chi connectivity index (χ4v) is 1.71. The van der Waals surface area contributed by atoms with Crippen molar-refractivity contribution in [3.63, 3.8) is 0 Å². The van der Waals surface area contributed by atoms with Gasteiger partial charge in [0, 0.05) is 18.9 Å². The van der Waals surface area contributed by atoms with Crippen LogP contribution >= 0.6 is 0 Å². The molecule has 1 aromatic carbocycles. The summed E-state index contributed by atoms with van der Waals surface area (Å²) in [5.41, 5.74) is -3.21.